The van der Waals surface area contributed by atoms with E-state index in [1.54, 1.807) is 0 Å². The number of hydrogen-bond donors (Lipinski definition) is 3. The molecule has 3 amide bonds. The van der Waals surface area contributed by atoms with E-state index in [2.05, 4.69) is 15.5 Å². The van der Waals surface area contributed by atoms with Gasteiger partial charge in [0.25, 0.3) is 0 Å². The summed E-state index contributed by atoms with van der Waals surface area (Å²) < 4.78 is 0. The van der Waals surface area contributed by atoms with Crippen LogP contribution in [0, 0.1) is 5.92 Å². The van der Waals surface area contributed by atoms with E-state index in [1.165, 1.54) is 0 Å². The van der Waals surface area contributed by atoms with Crippen LogP contribution in [-0.4, -0.2) is 74.1 Å². The zero-order chi connectivity index (χ0) is 15.1. The first-order valence-corrected chi connectivity index (χ1v) is 7.12. The fraction of sp³-hybridized carbons (Fsp3) is 0.846. The van der Waals surface area contributed by atoms with E-state index in [-0.39, 0.29) is 18.5 Å². The average Bonchev–Trinajstić information content (AvgIpc) is 2.38. The third-order valence-electron chi connectivity index (χ3n) is 3.35. The van der Waals surface area contributed by atoms with Crippen molar-refractivity contribution in [1.29, 1.82) is 0 Å². The maximum absolute atomic E-state index is 11.8. The van der Waals surface area contributed by atoms with E-state index in [9.17, 15) is 9.59 Å². The molecule has 0 aliphatic carbocycles. The van der Waals surface area contributed by atoms with Gasteiger partial charge in [-0.25, -0.2) is 4.79 Å². The van der Waals surface area contributed by atoms with Crippen LogP contribution in [-0.2, 0) is 4.79 Å². The minimum atomic E-state index is -0.429. The summed E-state index contributed by atoms with van der Waals surface area (Å²) in [5.41, 5.74) is 5.73. The topological polar surface area (TPSA) is 90.7 Å². The number of imide groups is 1. The minimum absolute atomic E-state index is 0.165. The Balaban J connectivity index is 2.35. The molecule has 1 atom stereocenters. The lowest BCUT2D eigenvalue weighted by atomic mass is 10.1. The van der Waals surface area contributed by atoms with Gasteiger partial charge < -0.3 is 16.0 Å². The van der Waals surface area contributed by atoms with E-state index in [1.807, 2.05) is 25.8 Å². The summed E-state index contributed by atoms with van der Waals surface area (Å²) in [6.45, 7) is 7.82. The Labute approximate surface area is 120 Å². The summed E-state index contributed by atoms with van der Waals surface area (Å²) in [5, 5.41) is 5.01. The van der Waals surface area contributed by atoms with Crippen LogP contribution in [0.1, 0.15) is 13.8 Å². The van der Waals surface area contributed by atoms with Crippen molar-refractivity contribution in [2.75, 3.05) is 46.3 Å². The Morgan fingerprint density at radius 3 is 2.65 bits per heavy atom. The van der Waals surface area contributed by atoms with Crippen LogP contribution in [0.2, 0.25) is 0 Å². The van der Waals surface area contributed by atoms with Crippen molar-refractivity contribution in [2.24, 2.45) is 11.7 Å². The molecule has 7 nitrogen and oxygen atoms in total. The number of nitrogens with zero attached hydrogens (tertiary/aromatic N) is 2. The largest absolute Gasteiger partial charge is 0.338 e. The monoisotopic (exact) mass is 285 g/mol. The van der Waals surface area contributed by atoms with Crippen molar-refractivity contribution in [3.63, 3.8) is 0 Å². The van der Waals surface area contributed by atoms with Crippen molar-refractivity contribution in [2.45, 2.75) is 19.9 Å². The smallest absolute Gasteiger partial charge is 0.321 e. The van der Waals surface area contributed by atoms with E-state index in [0.29, 0.717) is 19.0 Å². The van der Waals surface area contributed by atoms with Crippen LogP contribution < -0.4 is 16.4 Å². The molecule has 1 fully saturated rings. The van der Waals surface area contributed by atoms with E-state index in [4.69, 9.17) is 5.73 Å². The Hall–Kier alpha value is -1.18. The zero-order valence-corrected chi connectivity index (χ0v) is 12.7. The molecule has 116 valence electrons. The standard InChI is InChI=1S/C13H27N5O2/c1-10(2)7-15-13(20)16-12(19)9-18-5-4-17(3)8-11(18)6-14/h10-11H,4-9,14H2,1-3H3,(H2,15,16,19,20). The summed E-state index contributed by atoms with van der Waals surface area (Å²) in [6, 6.07) is -0.264. The lowest BCUT2D eigenvalue weighted by Gasteiger charge is -2.38. The molecule has 0 spiro atoms. The number of urea groups is 1. The lowest BCUT2D eigenvalue weighted by molar-refractivity contribution is -0.122. The quantitative estimate of drug-likeness (QED) is 0.605. The van der Waals surface area contributed by atoms with Crippen molar-refractivity contribution in [3.8, 4) is 0 Å². The Morgan fingerprint density at radius 2 is 2.05 bits per heavy atom. The van der Waals surface area contributed by atoms with Crippen LogP contribution in [0.3, 0.4) is 0 Å². The fourth-order valence-electron chi connectivity index (χ4n) is 2.17. The molecule has 4 N–H and O–H groups in total. The summed E-state index contributed by atoms with van der Waals surface area (Å²) >= 11 is 0. The molecule has 1 aliphatic heterocycles. The van der Waals surface area contributed by atoms with E-state index >= 15 is 0 Å². The van der Waals surface area contributed by atoms with Crippen molar-refractivity contribution in [3.05, 3.63) is 0 Å². The number of carbonyl (C=O) groups is 2. The number of nitrogens with two attached hydrogens (primary N) is 1. The van der Waals surface area contributed by atoms with Crippen LogP contribution in [0.15, 0.2) is 0 Å². The summed E-state index contributed by atoms with van der Waals surface area (Å²) in [4.78, 5) is 27.6. The second-order valence-electron chi connectivity index (χ2n) is 5.77. The second kappa shape index (κ2) is 8.18. The van der Waals surface area contributed by atoms with Crippen molar-refractivity contribution >= 4 is 11.9 Å². The highest BCUT2D eigenvalue weighted by Crippen LogP contribution is 2.06. The van der Waals surface area contributed by atoms with Gasteiger partial charge in [0.05, 0.1) is 6.54 Å². The molecule has 7 heteroatoms. The number of amides is 3. The highest BCUT2D eigenvalue weighted by molar-refractivity contribution is 5.95. The molecule has 1 aliphatic rings. The third-order valence-corrected chi connectivity index (χ3v) is 3.35. The molecular formula is C13H27N5O2. The molecular weight excluding hydrogens is 258 g/mol. The first-order chi connectivity index (χ1) is 9.42. The van der Waals surface area contributed by atoms with Crippen LogP contribution >= 0.6 is 0 Å². The van der Waals surface area contributed by atoms with Crippen LogP contribution in [0.25, 0.3) is 0 Å². The Morgan fingerprint density at radius 1 is 1.35 bits per heavy atom. The van der Waals surface area contributed by atoms with Gasteiger partial charge in [-0.3, -0.25) is 15.0 Å². The number of carbonyl (C=O) groups excluding carboxylic acids is 2. The molecule has 20 heavy (non-hydrogen) atoms. The summed E-state index contributed by atoms with van der Waals surface area (Å²) in [6.07, 6.45) is 0. The fourth-order valence-corrected chi connectivity index (χ4v) is 2.17. The first kappa shape index (κ1) is 16.9. The number of piperazine rings is 1. The maximum Gasteiger partial charge on any atom is 0.321 e. The second-order valence-corrected chi connectivity index (χ2v) is 5.77. The number of hydrogen-bond acceptors (Lipinski definition) is 5. The predicted molar refractivity (Wildman–Crippen MR) is 78.3 cm³/mol. The Kier molecular flexibility index (Phi) is 6.90. The zero-order valence-electron chi connectivity index (χ0n) is 12.7. The Bertz CT molecular complexity index is 335. The van der Waals surface area contributed by atoms with Gasteiger partial charge in [-0.15, -0.1) is 0 Å². The van der Waals surface area contributed by atoms with Gasteiger partial charge in [0.2, 0.25) is 5.91 Å². The number of nitrogens with one attached hydrogen (secondary N) is 2. The molecule has 0 aromatic carbocycles. The molecule has 1 rings (SSSR count). The van der Waals surface area contributed by atoms with Crippen molar-refractivity contribution in [1.82, 2.24) is 20.4 Å². The maximum atomic E-state index is 11.8. The molecule has 0 aromatic heterocycles. The molecule has 0 aromatic rings. The van der Waals surface area contributed by atoms with Gasteiger partial charge in [0.1, 0.15) is 0 Å². The SMILES string of the molecule is CC(C)CNC(=O)NC(=O)CN1CCN(C)CC1CN. The molecule has 0 radical (unpaired) electrons. The normalized spacial score (nSPS) is 20.9. The van der Waals surface area contributed by atoms with Gasteiger partial charge >= 0.3 is 6.03 Å². The molecule has 1 heterocycles. The van der Waals surface area contributed by atoms with Crippen LogP contribution in [0.5, 0.6) is 0 Å². The number of rotatable bonds is 5. The molecule has 1 saturated heterocycles. The minimum Gasteiger partial charge on any atom is -0.338 e. The summed E-state index contributed by atoms with van der Waals surface area (Å²) in [5.74, 6) is 0.0735. The van der Waals surface area contributed by atoms with Crippen molar-refractivity contribution < 1.29 is 9.59 Å². The summed E-state index contributed by atoms with van der Waals surface area (Å²) in [7, 11) is 2.04. The van der Waals surface area contributed by atoms with Crippen LogP contribution in [0.4, 0.5) is 4.79 Å². The van der Waals surface area contributed by atoms with Gasteiger partial charge in [-0.05, 0) is 13.0 Å². The van der Waals surface area contributed by atoms with Gasteiger partial charge in [0.15, 0.2) is 0 Å². The molecule has 0 bridgehead atoms. The third kappa shape index (κ3) is 5.85. The molecule has 0 saturated carbocycles. The van der Waals surface area contributed by atoms with Gasteiger partial charge in [-0.1, -0.05) is 13.8 Å². The van der Waals surface area contributed by atoms with Gasteiger partial charge in [-0.2, -0.15) is 0 Å². The van der Waals surface area contributed by atoms with E-state index < -0.39 is 6.03 Å². The predicted octanol–water partition coefficient (Wildman–Crippen LogP) is -0.957. The van der Waals surface area contributed by atoms with E-state index in [0.717, 1.165) is 19.6 Å². The lowest BCUT2D eigenvalue weighted by Crippen LogP contribution is -2.57. The number of likely N-dealkylation sites (N-methyl/N-ethyl adjacent to an activating group) is 1. The van der Waals surface area contributed by atoms with Gasteiger partial charge in [0, 0.05) is 38.8 Å². The highest BCUT2D eigenvalue weighted by Gasteiger charge is 2.26. The average molecular weight is 285 g/mol. The highest BCUT2D eigenvalue weighted by atomic mass is 16.2. The molecule has 1 unspecified atom stereocenters. The first-order valence-electron chi connectivity index (χ1n) is 7.12.